The van der Waals surface area contributed by atoms with Crippen molar-refractivity contribution in [3.63, 3.8) is 0 Å². The van der Waals surface area contributed by atoms with E-state index in [-0.39, 0.29) is 11.4 Å². The minimum absolute atomic E-state index is 0.0287. The standard InChI is InChI=1S/C13H15F3N2OS/c1-2-10(17)12(19,13(14,15)16)7-11-18-8-5-3-4-6-9(8)20-11/h3-6,10,19H,2,7,17H2,1H3. The van der Waals surface area contributed by atoms with E-state index in [9.17, 15) is 18.3 Å². The molecule has 0 aliphatic carbocycles. The lowest BCUT2D eigenvalue weighted by Gasteiger charge is -2.34. The first-order valence-electron chi connectivity index (χ1n) is 6.17. The Morgan fingerprint density at radius 3 is 2.55 bits per heavy atom. The monoisotopic (exact) mass is 304 g/mol. The molecule has 0 bridgehead atoms. The van der Waals surface area contributed by atoms with Crippen LogP contribution in [-0.2, 0) is 6.42 Å². The van der Waals surface area contributed by atoms with Gasteiger partial charge in [0.2, 0.25) is 0 Å². The Balaban J connectivity index is 2.37. The number of aromatic nitrogens is 1. The third kappa shape index (κ3) is 2.65. The first-order valence-corrected chi connectivity index (χ1v) is 6.98. The lowest BCUT2D eigenvalue weighted by molar-refractivity contribution is -0.267. The van der Waals surface area contributed by atoms with Crippen molar-refractivity contribution in [2.75, 3.05) is 0 Å². The lowest BCUT2D eigenvalue weighted by atomic mass is 9.89. The first kappa shape index (κ1) is 15.2. The van der Waals surface area contributed by atoms with Gasteiger partial charge in [-0.05, 0) is 18.6 Å². The highest BCUT2D eigenvalue weighted by Crippen LogP contribution is 2.37. The number of benzene rings is 1. The number of nitrogens with zero attached hydrogens (tertiary/aromatic N) is 1. The van der Waals surface area contributed by atoms with Crippen LogP contribution in [0.25, 0.3) is 10.2 Å². The van der Waals surface area contributed by atoms with Gasteiger partial charge in [-0.2, -0.15) is 13.2 Å². The smallest absolute Gasteiger partial charge is 0.379 e. The SMILES string of the molecule is CCC(N)C(O)(Cc1nc2ccccc2s1)C(F)(F)F. The fourth-order valence-corrected chi connectivity index (χ4v) is 3.06. The van der Waals surface area contributed by atoms with E-state index in [1.165, 1.54) is 6.92 Å². The lowest BCUT2D eigenvalue weighted by Crippen LogP contribution is -2.59. The van der Waals surface area contributed by atoms with E-state index in [4.69, 9.17) is 5.73 Å². The van der Waals surface area contributed by atoms with Gasteiger partial charge in [-0.25, -0.2) is 4.98 Å². The molecule has 0 saturated carbocycles. The summed E-state index contributed by atoms with van der Waals surface area (Å²) in [7, 11) is 0. The van der Waals surface area contributed by atoms with Crippen LogP contribution >= 0.6 is 11.3 Å². The normalized spacial score (nSPS) is 17.1. The van der Waals surface area contributed by atoms with E-state index in [0.717, 1.165) is 16.0 Å². The second-order valence-electron chi connectivity index (χ2n) is 4.69. The Hall–Kier alpha value is -1.18. The average molecular weight is 304 g/mol. The van der Waals surface area contributed by atoms with E-state index in [0.29, 0.717) is 5.52 Å². The zero-order chi connectivity index (χ0) is 15.0. The highest BCUT2D eigenvalue weighted by Gasteiger charge is 2.57. The van der Waals surface area contributed by atoms with Gasteiger partial charge >= 0.3 is 6.18 Å². The highest BCUT2D eigenvalue weighted by molar-refractivity contribution is 7.18. The number of hydrogen-bond acceptors (Lipinski definition) is 4. The van der Waals surface area contributed by atoms with E-state index in [2.05, 4.69) is 4.98 Å². The Bertz CT molecular complexity index is 566. The molecule has 3 N–H and O–H groups in total. The predicted molar refractivity (Wildman–Crippen MR) is 72.6 cm³/mol. The van der Waals surface area contributed by atoms with Crippen molar-refractivity contribution in [2.45, 2.75) is 37.6 Å². The molecule has 2 rings (SSSR count). The van der Waals surface area contributed by atoms with Crippen molar-refractivity contribution in [1.29, 1.82) is 0 Å². The molecule has 0 aliphatic rings. The molecule has 0 aliphatic heterocycles. The van der Waals surface area contributed by atoms with E-state index < -0.39 is 24.2 Å². The van der Waals surface area contributed by atoms with E-state index >= 15 is 0 Å². The third-order valence-electron chi connectivity index (χ3n) is 3.30. The molecule has 1 heterocycles. The zero-order valence-corrected chi connectivity index (χ0v) is 11.6. The topological polar surface area (TPSA) is 59.1 Å². The maximum absolute atomic E-state index is 13.1. The molecule has 1 aromatic carbocycles. The number of nitrogens with two attached hydrogens (primary N) is 1. The second kappa shape index (κ2) is 5.31. The average Bonchev–Trinajstić information content (AvgIpc) is 2.78. The fraction of sp³-hybridized carbons (Fsp3) is 0.462. The van der Waals surface area contributed by atoms with Gasteiger partial charge in [-0.15, -0.1) is 11.3 Å². The molecule has 0 saturated heterocycles. The van der Waals surface area contributed by atoms with Crippen molar-refractivity contribution >= 4 is 21.6 Å². The maximum atomic E-state index is 13.1. The van der Waals surface area contributed by atoms with Gasteiger partial charge in [0.25, 0.3) is 0 Å². The number of fused-ring (bicyclic) bond motifs is 1. The van der Waals surface area contributed by atoms with Gasteiger partial charge in [0.05, 0.1) is 15.2 Å². The fourth-order valence-electron chi connectivity index (χ4n) is 2.01. The summed E-state index contributed by atoms with van der Waals surface area (Å²) in [6, 6.07) is 5.68. The molecule has 2 atom stereocenters. The van der Waals surface area contributed by atoms with Crippen LogP contribution in [0.1, 0.15) is 18.4 Å². The molecule has 7 heteroatoms. The van der Waals surface area contributed by atoms with Crippen LogP contribution in [0.4, 0.5) is 13.2 Å². The van der Waals surface area contributed by atoms with Crippen LogP contribution in [-0.4, -0.2) is 27.9 Å². The number of para-hydroxylation sites is 1. The number of alkyl halides is 3. The first-order chi connectivity index (χ1) is 9.28. The molecule has 3 nitrogen and oxygen atoms in total. The molecule has 0 spiro atoms. The summed E-state index contributed by atoms with van der Waals surface area (Å²) in [6.07, 6.45) is -5.38. The van der Waals surface area contributed by atoms with Crippen molar-refractivity contribution in [3.05, 3.63) is 29.3 Å². The largest absolute Gasteiger partial charge is 0.419 e. The molecule has 20 heavy (non-hydrogen) atoms. The van der Waals surface area contributed by atoms with Gasteiger partial charge in [0.15, 0.2) is 5.60 Å². The molecule has 0 radical (unpaired) electrons. The van der Waals surface area contributed by atoms with Gasteiger partial charge in [0.1, 0.15) is 0 Å². The van der Waals surface area contributed by atoms with Gasteiger partial charge in [-0.1, -0.05) is 19.1 Å². The molecular formula is C13H15F3N2OS. The van der Waals surface area contributed by atoms with Crippen molar-refractivity contribution in [2.24, 2.45) is 5.73 Å². The van der Waals surface area contributed by atoms with E-state index in [1.807, 2.05) is 0 Å². The molecule has 0 fully saturated rings. The van der Waals surface area contributed by atoms with Crippen molar-refractivity contribution < 1.29 is 18.3 Å². The zero-order valence-electron chi connectivity index (χ0n) is 10.8. The van der Waals surface area contributed by atoms with Crippen LogP contribution in [0.3, 0.4) is 0 Å². The molecular weight excluding hydrogens is 289 g/mol. The van der Waals surface area contributed by atoms with Crippen LogP contribution in [0.2, 0.25) is 0 Å². The number of hydrogen-bond donors (Lipinski definition) is 2. The summed E-state index contributed by atoms with van der Waals surface area (Å²) in [5.41, 5.74) is 3.16. The Kier molecular flexibility index (Phi) is 4.04. The minimum atomic E-state index is -4.79. The Labute approximate surface area is 118 Å². The number of thiazole rings is 1. The molecule has 2 unspecified atom stereocenters. The maximum Gasteiger partial charge on any atom is 0.419 e. The quantitative estimate of drug-likeness (QED) is 0.913. The van der Waals surface area contributed by atoms with Crippen LogP contribution in [0, 0.1) is 0 Å². The molecule has 0 amide bonds. The summed E-state index contributed by atoms with van der Waals surface area (Å²) in [5.74, 6) is 0. The Morgan fingerprint density at radius 1 is 1.35 bits per heavy atom. The molecule has 2 aromatic rings. The van der Waals surface area contributed by atoms with Gasteiger partial charge in [-0.3, -0.25) is 0 Å². The van der Waals surface area contributed by atoms with Crippen molar-refractivity contribution in [1.82, 2.24) is 4.98 Å². The number of halogens is 3. The summed E-state index contributed by atoms with van der Waals surface area (Å²) in [4.78, 5) is 4.13. The second-order valence-corrected chi connectivity index (χ2v) is 5.80. The van der Waals surface area contributed by atoms with Gasteiger partial charge in [0, 0.05) is 12.5 Å². The minimum Gasteiger partial charge on any atom is -0.379 e. The molecule has 1 aromatic heterocycles. The highest BCUT2D eigenvalue weighted by atomic mass is 32.1. The van der Waals surface area contributed by atoms with Crippen molar-refractivity contribution in [3.8, 4) is 0 Å². The predicted octanol–water partition coefficient (Wildman–Crippen LogP) is 2.87. The summed E-state index contributed by atoms with van der Waals surface area (Å²) < 4.78 is 40.2. The van der Waals surface area contributed by atoms with E-state index in [1.54, 1.807) is 24.3 Å². The number of aliphatic hydroxyl groups is 1. The van der Waals surface area contributed by atoms with Crippen LogP contribution in [0.15, 0.2) is 24.3 Å². The molecule has 110 valence electrons. The van der Waals surface area contributed by atoms with Gasteiger partial charge < -0.3 is 10.8 Å². The summed E-state index contributed by atoms with van der Waals surface area (Å²) in [6.45, 7) is 1.51. The summed E-state index contributed by atoms with van der Waals surface area (Å²) in [5, 5.41) is 10.2. The Morgan fingerprint density at radius 2 is 2.00 bits per heavy atom. The van der Waals surface area contributed by atoms with Crippen LogP contribution < -0.4 is 5.73 Å². The summed E-state index contributed by atoms with van der Waals surface area (Å²) >= 11 is 1.14. The number of rotatable bonds is 4. The third-order valence-corrected chi connectivity index (χ3v) is 4.34. The van der Waals surface area contributed by atoms with Crippen LogP contribution in [0.5, 0.6) is 0 Å².